The minimum atomic E-state index is -0.341. The Hall–Kier alpha value is -2.73. The van der Waals surface area contributed by atoms with Crippen molar-refractivity contribution in [3.8, 4) is 11.3 Å². The summed E-state index contributed by atoms with van der Waals surface area (Å²) in [7, 11) is 0. The maximum Gasteiger partial charge on any atom is 0.266 e. The number of nitrogens with one attached hydrogen (secondary N) is 1. The van der Waals surface area contributed by atoms with Crippen molar-refractivity contribution in [2.24, 2.45) is 0 Å². The number of aromatic nitrogens is 2. The number of rotatable bonds is 4. The molecule has 0 saturated carbocycles. The summed E-state index contributed by atoms with van der Waals surface area (Å²) < 4.78 is 30.3. The Labute approximate surface area is 161 Å². The van der Waals surface area contributed by atoms with E-state index in [0.29, 0.717) is 5.69 Å². The molecule has 1 N–H and O–H groups in total. The van der Waals surface area contributed by atoms with Crippen LogP contribution < -0.4 is 22.3 Å². The molecule has 1 aliphatic rings. The van der Waals surface area contributed by atoms with Crippen molar-refractivity contribution in [3.63, 3.8) is 0 Å². The predicted octanol–water partition coefficient (Wildman–Crippen LogP) is 0.310. The Morgan fingerprint density at radius 1 is 1.04 bits per heavy atom. The van der Waals surface area contributed by atoms with Gasteiger partial charge in [-0.15, -0.1) is 0 Å². The first-order valence-electron chi connectivity index (χ1n) is 8.53. The molecule has 7 heteroatoms. The summed E-state index contributed by atoms with van der Waals surface area (Å²) in [5.74, 6) is 0.297. The van der Waals surface area contributed by atoms with Gasteiger partial charge in [-0.3, -0.25) is 4.79 Å². The molecule has 2 aromatic carbocycles. The number of hydrogen-bond acceptors (Lipinski definition) is 1. The lowest BCUT2D eigenvalue weighted by Crippen LogP contribution is -3.00. The number of carbonyl (C=O) groups excluding carboxylic acids is 1. The van der Waals surface area contributed by atoms with E-state index in [9.17, 15) is 13.6 Å². The molecular weight excluding hydrogens is 372 g/mol. The molecule has 1 amide bonds. The van der Waals surface area contributed by atoms with E-state index in [-0.39, 0.29) is 36.5 Å². The van der Waals surface area contributed by atoms with Crippen LogP contribution in [0.25, 0.3) is 11.3 Å². The molecule has 0 fully saturated rings. The van der Waals surface area contributed by atoms with Crippen LogP contribution in [-0.2, 0) is 24.3 Å². The molecule has 4 nitrogen and oxygen atoms in total. The first kappa shape index (κ1) is 19.0. The number of benzene rings is 2. The largest absolute Gasteiger partial charge is 1.00 e. The quantitative estimate of drug-likeness (QED) is 0.641. The van der Waals surface area contributed by atoms with Crippen molar-refractivity contribution < 1.29 is 30.5 Å². The molecule has 2 heterocycles. The number of fused-ring (bicyclic) bond motifs is 1. The fourth-order valence-corrected chi connectivity index (χ4v) is 3.39. The third-order valence-electron chi connectivity index (χ3n) is 4.58. The van der Waals surface area contributed by atoms with Crippen LogP contribution in [0.2, 0.25) is 0 Å². The highest BCUT2D eigenvalue weighted by Crippen LogP contribution is 2.25. The smallest absolute Gasteiger partial charge is 0.266 e. The zero-order valence-electron chi connectivity index (χ0n) is 14.5. The first-order chi connectivity index (χ1) is 12.6. The van der Waals surface area contributed by atoms with Gasteiger partial charge in [-0.25, -0.2) is 17.9 Å². The molecule has 0 bridgehead atoms. The fourth-order valence-electron chi connectivity index (χ4n) is 3.39. The minimum Gasteiger partial charge on any atom is -1.00 e. The third-order valence-corrected chi connectivity index (χ3v) is 4.58. The highest BCUT2D eigenvalue weighted by Gasteiger charge is 2.29. The summed E-state index contributed by atoms with van der Waals surface area (Å²) in [5.41, 5.74) is 2.46. The van der Waals surface area contributed by atoms with Gasteiger partial charge in [-0.1, -0.05) is 0 Å². The molecule has 0 spiro atoms. The van der Waals surface area contributed by atoms with Crippen LogP contribution in [0, 0.1) is 11.6 Å². The number of hydrogen-bond donors (Lipinski definition) is 1. The standard InChI is InChI=1S/C20H17F2N3O.ClH/c21-15-5-3-14(4-6-15)18-12-24(20-2-1-11-25(18)20)13-19(26)23-17-9-7-16(22)8-10-17;/h3-10,12H,1-2,11,13H2;1H. The highest BCUT2D eigenvalue weighted by molar-refractivity contribution is 5.89. The normalized spacial score (nSPS) is 12.4. The Kier molecular flexibility index (Phi) is 5.56. The molecule has 27 heavy (non-hydrogen) atoms. The number of carbonyl (C=O) groups is 1. The predicted molar refractivity (Wildman–Crippen MR) is 93.4 cm³/mol. The van der Waals surface area contributed by atoms with Crippen LogP contribution in [0.5, 0.6) is 0 Å². The number of anilines is 1. The summed E-state index contributed by atoms with van der Waals surface area (Å²) in [6.07, 6.45) is 3.85. The number of imidazole rings is 1. The Balaban J connectivity index is 0.00000210. The zero-order valence-corrected chi connectivity index (χ0v) is 15.2. The van der Waals surface area contributed by atoms with E-state index in [1.54, 1.807) is 12.1 Å². The van der Waals surface area contributed by atoms with Crippen molar-refractivity contribution in [1.29, 1.82) is 0 Å². The van der Waals surface area contributed by atoms with Gasteiger partial charge in [-0.05, 0) is 55.0 Å². The van der Waals surface area contributed by atoms with Crippen molar-refractivity contribution in [2.45, 2.75) is 25.9 Å². The SMILES string of the molecule is O=C(C[n+]1cc(-c2ccc(F)cc2)n2c1CCC2)Nc1ccc(F)cc1.[Cl-]. The molecule has 4 rings (SSSR count). The summed E-state index contributed by atoms with van der Waals surface area (Å²) in [6, 6.07) is 12.1. The summed E-state index contributed by atoms with van der Waals surface area (Å²) >= 11 is 0. The van der Waals surface area contributed by atoms with Crippen LogP contribution in [0.1, 0.15) is 12.2 Å². The molecule has 0 unspecified atom stereocenters. The lowest BCUT2D eigenvalue weighted by atomic mass is 10.1. The highest BCUT2D eigenvalue weighted by atomic mass is 35.5. The van der Waals surface area contributed by atoms with Gasteiger partial charge in [0.15, 0.2) is 12.2 Å². The number of amides is 1. The Morgan fingerprint density at radius 2 is 1.67 bits per heavy atom. The third kappa shape index (κ3) is 4.01. The van der Waals surface area contributed by atoms with E-state index in [2.05, 4.69) is 9.88 Å². The summed E-state index contributed by atoms with van der Waals surface area (Å²) in [6.45, 7) is 1.06. The van der Waals surface area contributed by atoms with Crippen LogP contribution in [0.15, 0.2) is 54.7 Å². The van der Waals surface area contributed by atoms with Crippen molar-refractivity contribution in [2.75, 3.05) is 5.32 Å². The lowest BCUT2D eigenvalue weighted by Gasteiger charge is -2.04. The molecule has 3 aromatic rings. The van der Waals surface area contributed by atoms with Gasteiger partial charge in [0.05, 0.1) is 13.0 Å². The molecule has 1 aliphatic heterocycles. The van der Waals surface area contributed by atoms with Crippen molar-refractivity contribution in [3.05, 3.63) is 72.2 Å². The molecular formula is C20H18ClF2N3O. The second-order valence-electron chi connectivity index (χ2n) is 6.38. The molecule has 0 aliphatic carbocycles. The van der Waals surface area contributed by atoms with E-state index in [1.807, 2.05) is 10.8 Å². The van der Waals surface area contributed by atoms with Gasteiger partial charge in [0.1, 0.15) is 17.8 Å². The molecule has 140 valence electrons. The molecule has 1 aromatic heterocycles. The monoisotopic (exact) mass is 389 g/mol. The van der Waals surface area contributed by atoms with Gasteiger partial charge in [0.2, 0.25) is 0 Å². The van der Waals surface area contributed by atoms with Gasteiger partial charge in [0.25, 0.3) is 11.7 Å². The van der Waals surface area contributed by atoms with Crippen molar-refractivity contribution in [1.82, 2.24) is 4.57 Å². The van der Waals surface area contributed by atoms with Gasteiger partial charge in [-0.2, -0.15) is 0 Å². The minimum absolute atomic E-state index is 0. The van der Waals surface area contributed by atoms with Crippen LogP contribution in [0.3, 0.4) is 0 Å². The van der Waals surface area contributed by atoms with Crippen molar-refractivity contribution >= 4 is 11.6 Å². The second-order valence-corrected chi connectivity index (χ2v) is 6.38. The number of halogens is 3. The topological polar surface area (TPSA) is 37.9 Å². The van der Waals surface area contributed by atoms with E-state index in [0.717, 1.165) is 36.5 Å². The maximum atomic E-state index is 13.2. The van der Waals surface area contributed by atoms with E-state index in [4.69, 9.17) is 0 Å². The van der Waals surface area contributed by atoms with Gasteiger partial charge >= 0.3 is 0 Å². The van der Waals surface area contributed by atoms with Crippen LogP contribution >= 0.6 is 0 Å². The maximum absolute atomic E-state index is 13.2. The van der Waals surface area contributed by atoms with E-state index < -0.39 is 0 Å². The Morgan fingerprint density at radius 3 is 2.33 bits per heavy atom. The van der Waals surface area contributed by atoms with E-state index >= 15 is 0 Å². The summed E-state index contributed by atoms with van der Waals surface area (Å²) in [5, 5.41) is 2.78. The average molecular weight is 390 g/mol. The Bertz CT molecular complexity index is 953. The average Bonchev–Trinajstić information content (AvgIpc) is 3.22. The van der Waals surface area contributed by atoms with Gasteiger partial charge < -0.3 is 17.7 Å². The van der Waals surface area contributed by atoms with E-state index in [1.165, 1.54) is 36.4 Å². The lowest BCUT2D eigenvalue weighted by molar-refractivity contribution is -0.690. The molecule has 0 radical (unpaired) electrons. The second kappa shape index (κ2) is 7.88. The molecule has 0 saturated heterocycles. The first-order valence-corrected chi connectivity index (χ1v) is 8.53. The van der Waals surface area contributed by atoms with Gasteiger partial charge in [0, 0.05) is 11.3 Å². The number of nitrogens with zero attached hydrogens (tertiary/aromatic N) is 2. The zero-order chi connectivity index (χ0) is 18.1. The molecule has 0 atom stereocenters. The van der Waals surface area contributed by atoms with Crippen LogP contribution in [-0.4, -0.2) is 10.5 Å². The summed E-state index contributed by atoms with van der Waals surface area (Å²) in [4.78, 5) is 12.4. The van der Waals surface area contributed by atoms with Crippen LogP contribution in [0.4, 0.5) is 14.5 Å². The fraction of sp³-hybridized carbons (Fsp3) is 0.200.